The van der Waals surface area contributed by atoms with E-state index in [0.717, 1.165) is 37.9 Å². The molecule has 0 bridgehead atoms. The first-order valence-corrected chi connectivity index (χ1v) is 11.3. The lowest BCUT2D eigenvalue weighted by Crippen LogP contribution is -2.40. The number of nitrogens with one attached hydrogen (secondary N) is 1. The Kier molecular flexibility index (Phi) is 4.96. The first-order chi connectivity index (χ1) is 14.6. The number of carbonyl (C=O) groups is 1. The SMILES string of the molecule is COc1ccccc1C(C)C1CCc2cc([C@@H]3CC[C@]4(COC(=O)N4)C3)ccc2C1. The zero-order chi connectivity index (χ0) is 20.7. The summed E-state index contributed by atoms with van der Waals surface area (Å²) >= 11 is 0. The highest BCUT2D eigenvalue weighted by Gasteiger charge is 2.46. The van der Waals surface area contributed by atoms with Gasteiger partial charge in [0.15, 0.2) is 0 Å². The summed E-state index contributed by atoms with van der Waals surface area (Å²) in [6.45, 7) is 2.87. The molecule has 30 heavy (non-hydrogen) atoms. The summed E-state index contributed by atoms with van der Waals surface area (Å²) in [5.41, 5.74) is 5.64. The molecule has 2 aromatic rings. The minimum atomic E-state index is -0.253. The molecule has 4 atom stereocenters. The fourth-order valence-corrected chi connectivity index (χ4v) is 5.93. The van der Waals surface area contributed by atoms with Gasteiger partial charge in [0.25, 0.3) is 0 Å². The highest BCUT2D eigenvalue weighted by molar-refractivity contribution is 5.70. The van der Waals surface area contributed by atoms with Gasteiger partial charge < -0.3 is 14.8 Å². The number of hydrogen-bond donors (Lipinski definition) is 1. The van der Waals surface area contributed by atoms with Crippen LogP contribution in [0.15, 0.2) is 42.5 Å². The predicted molar refractivity (Wildman–Crippen MR) is 117 cm³/mol. The molecule has 1 N–H and O–H groups in total. The van der Waals surface area contributed by atoms with Crippen LogP contribution in [0.25, 0.3) is 0 Å². The molecule has 5 rings (SSSR count). The second-order valence-electron chi connectivity index (χ2n) is 9.48. The molecule has 2 unspecified atom stereocenters. The van der Waals surface area contributed by atoms with Crippen LogP contribution in [0.5, 0.6) is 5.75 Å². The van der Waals surface area contributed by atoms with Crippen molar-refractivity contribution < 1.29 is 14.3 Å². The lowest BCUT2D eigenvalue weighted by Gasteiger charge is -2.31. The Bertz CT molecular complexity index is 955. The fraction of sp³-hybridized carbons (Fsp3) is 0.500. The highest BCUT2D eigenvalue weighted by atomic mass is 16.6. The Balaban J connectivity index is 1.30. The minimum absolute atomic E-state index is 0.132. The van der Waals surface area contributed by atoms with Crippen molar-refractivity contribution in [2.75, 3.05) is 13.7 Å². The van der Waals surface area contributed by atoms with Gasteiger partial charge in [-0.05, 0) is 84.6 Å². The van der Waals surface area contributed by atoms with Gasteiger partial charge in [0.2, 0.25) is 0 Å². The largest absolute Gasteiger partial charge is 0.496 e. The lowest BCUT2D eigenvalue weighted by atomic mass is 9.74. The maximum atomic E-state index is 11.5. The molecule has 0 radical (unpaired) electrons. The van der Waals surface area contributed by atoms with Crippen LogP contribution >= 0.6 is 0 Å². The molecule has 4 nitrogen and oxygen atoms in total. The third kappa shape index (κ3) is 3.46. The van der Waals surface area contributed by atoms with E-state index in [1.54, 1.807) is 7.11 Å². The summed E-state index contributed by atoms with van der Waals surface area (Å²) in [4.78, 5) is 11.5. The zero-order valence-electron chi connectivity index (χ0n) is 17.9. The number of para-hydroxylation sites is 1. The third-order valence-corrected chi connectivity index (χ3v) is 7.76. The molecule has 1 spiro atoms. The van der Waals surface area contributed by atoms with Crippen molar-refractivity contribution in [3.05, 3.63) is 64.7 Å². The zero-order valence-corrected chi connectivity index (χ0v) is 17.9. The molecule has 1 saturated heterocycles. The van der Waals surface area contributed by atoms with Crippen LogP contribution in [0.1, 0.15) is 66.7 Å². The first-order valence-electron chi connectivity index (χ1n) is 11.3. The molecule has 1 heterocycles. The first kappa shape index (κ1) is 19.5. The molecule has 2 aliphatic carbocycles. The van der Waals surface area contributed by atoms with Gasteiger partial charge in [-0.3, -0.25) is 0 Å². The van der Waals surface area contributed by atoms with Crippen molar-refractivity contribution in [1.82, 2.24) is 5.32 Å². The van der Waals surface area contributed by atoms with Gasteiger partial charge >= 0.3 is 6.09 Å². The van der Waals surface area contributed by atoms with Gasteiger partial charge in [-0.1, -0.05) is 43.3 Å². The summed E-state index contributed by atoms with van der Waals surface area (Å²) in [5, 5.41) is 3.06. The van der Waals surface area contributed by atoms with Crippen molar-refractivity contribution in [1.29, 1.82) is 0 Å². The van der Waals surface area contributed by atoms with Crippen molar-refractivity contribution >= 4 is 6.09 Å². The van der Waals surface area contributed by atoms with Crippen LogP contribution in [-0.4, -0.2) is 25.3 Å². The standard InChI is InChI=1S/C26H31NO3/c1-17(23-5-3-4-6-24(23)29-2)18-7-8-20-14-21(10-9-19(20)13-18)22-11-12-26(15-22)16-30-25(28)27-26/h3-6,9-10,14,17-18,22H,7-8,11-13,15-16H2,1-2H3,(H,27,28)/t17?,18?,22-,26-/m1/s1. The van der Waals surface area contributed by atoms with Crippen LogP contribution in [0, 0.1) is 5.92 Å². The normalized spacial score (nSPS) is 28.7. The number of aryl methyl sites for hydroxylation is 1. The van der Waals surface area contributed by atoms with Gasteiger partial charge in [-0.2, -0.15) is 0 Å². The minimum Gasteiger partial charge on any atom is -0.496 e. The van der Waals surface area contributed by atoms with Crippen LogP contribution in [0.3, 0.4) is 0 Å². The van der Waals surface area contributed by atoms with E-state index in [0.29, 0.717) is 24.4 Å². The third-order valence-electron chi connectivity index (χ3n) is 7.76. The maximum absolute atomic E-state index is 11.5. The Morgan fingerprint density at radius 2 is 2.03 bits per heavy atom. The molecule has 1 aliphatic heterocycles. The number of fused-ring (bicyclic) bond motifs is 1. The molecule has 0 aromatic heterocycles. The average Bonchev–Trinajstić information content (AvgIpc) is 3.37. The average molecular weight is 406 g/mol. The molecule has 3 aliphatic rings. The van der Waals surface area contributed by atoms with Crippen molar-refractivity contribution in [3.8, 4) is 5.75 Å². The number of alkyl carbamates (subject to hydrolysis) is 1. The van der Waals surface area contributed by atoms with E-state index in [1.165, 1.54) is 28.7 Å². The van der Waals surface area contributed by atoms with E-state index in [1.807, 2.05) is 6.07 Å². The molecular weight excluding hydrogens is 374 g/mol. The number of benzene rings is 2. The maximum Gasteiger partial charge on any atom is 0.407 e. The monoisotopic (exact) mass is 405 g/mol. The quantitative estimate of drug-likeness (QED) is 0.746. The summed E-state index contributed by atoms with van der Waals surface area (Å²) in [6, 6.07) is 15.6. The Hall–Kier alpha value is -2.49. The van der Waals surface area contributed by atoms with Crippen LogP contribution < -0.4 is 10.1 Å². The molecule has 158 valence electrons. The number of carbonyl (C=O) groups excluding carboxylic acids is 1. The molecule has 2 aromatic carbocycles. The molecule has 2 fully saturated rings. The van der Waals surface area contributed by atoms with Crippen LogP contribution in [-0.2, 0) is 17.6 Å². The fourth-order valence-electron chi connectivity index (χ4n) is 5.93. The summed E-state index contributed by atoms with van der Waals surface area (Å²) in [7, 11) is 1.76. The van der Waals surface area contributed by atoms with Gasteiger partial charge in [0, 0.05) is 0 Å². The Morgan fingerprint density at radius 1 is 1.17 bits per heavy atom. The summed E-state index contributed by atoms with van der Waals surface area (Å²) in [5.74, 6) is 2.64. The van der Waals surface area contributed by atoms with Crippen molar-refractivity contribution in [2.45, 2.75) is 62.8 Å². The van der Waals surface area contributed by atoms with Crippen LogP contribution in [0.4, 0.5) is 4.79 Å². The second-order valence-corrected chi connectivity index (χ2v) is 9.48. The van der Waals surface area contributed by atoms with E-state index in [4.69, 9.17) is 9.47 Å². The number of amides is 1. The number of ether oxygens (including phenoxy) is 2. The Labute approximate surface area is 179 Å². The number of cyclic esters (lactones) is 1. The van der Waals surface area contributed by atoms with Crippen LogP contribution in [0.2, 0.25) is 0 Å². The molecule has 4 heteroatoms. The Morgan fingerprint density at radius 3 is 2.83 bits per heavy atom. The second kappa shape index (κ2) is 7.64. The van der Waals surface area contributed by atoms with E-state index in [-0.39, 0.29) is 11.6 Å². The lowest BCUT2D eigenvalue weighted by molar-refractivity contribution is 0.172. The van der Waals surface area contributed by atoms with Gasteiger partial charge in [0.1, 0.15) is 12.4 Å². The van der Waals surface area contributed by atoms with Gasteiger partial charge in [-0.25, -0.2) is 4.79 Å². The number of methoxy groups -OCH3 is 1. The van der Waals surface area contributed by atoms with E-state index < -0.39 is 0 Å². The molecular formula is C26H31NO3. The molecule has 1 saturated carbocycles. The number of hydrogen-bond acceptors (Lipinski definition) is 3. The highest BCUT2D eigenvalue weighted by Crippen LogP contribution is 2.44. The predicted octanol–water partition coefficient (Wildman–Crippen LogP) is 5.35. The summed E-state index contributed by atoms with van der Waals surface area (Å²) in [6.07, 6.45) is 6.36. The molecule has 1 amide bonds. The van der Waals surface area contributed by atoms with Crippen molar-refractivity contribution in [3.63, 3.8) is 0 Å². The van der Waals surface area contributed by atoms with Crippen molar-refractivity contribution in [2.24, 2.45) is 5.92 Å². The topological polar surface area (TPSA) is 47.6 Å². The van der Waals surface area contributed by atoms with Gasteiger partial charge in [0.05, 0.1) is 12.6 Å². The van der Waals surface area contributed by atoms with E-state index in [9.17, 15) is 4.79 Å². The van der Waals surface area contributed by atoms with E-state index >= 15 is 0 Å². The van der Waals surface area contributed by atoms with Gasteiger partial charge in [-0.15, -0.1) is 0 Å². The van der Waals surface area contributed by atoms with E-state index in [2.05, 4.69) is 48.6 Å². The summed E-state index contributed by atoms with van der Waals surface area (Å²) < 4.78 is 10.8. The smallest absolute Gasteiger partial charge is 0.407 e. The number of rotatable bonds is 4.